The molecule has 0 spiro atoms. The first-order valence-electron chi connectivity index (χ1n) is 8.94. The summed E-state index contributed by atoms with van der Waals surface area (Å²) in [5, 5.41) is 3.59. The summed E-state index contributed by atoms with van der Waals surface area (Å²) in [6.45, 7) is 0. The Hall–Kier alpha value is -2.20. The van der Waals surface area contributed by atoms with Gasteiger partial charge in [0, 0.05) is 28.9 Å². The summed E-state index contributed by atoms with van der Waals surface area (Å²) in [5.74, 6) is 1.15. The van der Waals surface area contributed by atoms with Gasteiger partial charge in [0.15, 0.2) is 0 Å². The Balaban J connectivity index is 1.34. The fourth-order valence-corrected chi connectivity index (χ4v) is 4.46. The Morgan fingerprint density at radius 1 is 1.23 bits per heavy atom. The fraction of sp³-hybridized carbons (Fsp3) is 0.333. The monoisotopic (exact) mass is 370 g/mol. The van der Waals surface area contributed by atoms with Gasteiger partial charge in [0.25, 0.3) is 0 Å². The zero-order valence-electron chi connectivity index (χ0n) is 14.3. The molecule has 4 rings (SSSR count). The van der Waals surface area contributed by atoms with Crippen molar-refractivity contribution in [3.63, 3.8) is 0 Å². The van der Waals surface area contributed by atoms with Crippen LogP contribution in [0.15, 0.2) is 48.8 Å². The van der Waals surface area contributed by atoms with Crippen LogP contribution in [0.2, 0.25) is 5.02 Å². The molecule has 3 atom stereocenters. The Morgan fingerprint density at radius 2 is 2.04 bits per heavy atom. The number of allylic oxidation sites excluding steroid dienone is 2. The Morgan fingerprint density at radius 3 is 2.77 bits per heavy atom. The number of amides is 1. The van der Waals surface area contributed by atoms with Gasteiger partial charge in [-0.05, 0) is 72.9 Å². The highest BCUT2D eigenvalue weighted by Gasteiger charge is 2.38. The summed E-state index contributed by atoms with van der Waals surface area (Å²) in [6.07, 6.45) is 8.55. The molecule has 1 amide bonds. The molecule has 2 unspecified atom stereocenters. The predicted octanol–water partition coefficient (Wildman–Crippen LogP) is 5.33. The van der Waals surface area contributed by atoms with Crippen molar-refractivity contribution in [2.45, 2.75) is 25.7 Å². The molecule has 3 nitrogen and oxygen atoms in total. The molecule has 1 aromatic carbocycles. The average Bonchev–Trinajstić information content (AvgIpc) is 3.15. The smallest absolute Gasteiger partial charge is 0.224 e. The van der Waals surface area contributed by atoms with E-state index < -0.39 is 0 Å². The van der Waals surface area contributed by atoms with Crippen molar-refractivity contribution in [2.75, 3.05) is 5.32 Å². The van der Waals surface area contributed by atoms with Gasteiger partial charge in [-0.15, -0.1) is 0 Å². The Labute approximate surface area is 157 Å². The molecule has 0 bridgehead atoms. The van der Waals surface area contributed by atoms with Crippen LogP contribution in [0, 0.1) is 23.6 Å². The standard InChI is InChI=1S/C21H20ClFN2O/c22-17-1-3-18(4-2-17)25-21(26)9-13-7-14-10-16(11-15(14)8-13)19-5-6-24-12-20(19)23/h1-6,10,12-15H,7-9,11H2,(H,25,26)/t13-,14?,15?/m0/s1. The van der Waals surface area contributed by atoms with E-state index in [0.717, 1.165) is 30.5 Å². The summed E-state index contributed by atoms with van der Waals surface area (Å²) in [5.41, 5.74) is 2.53. The molecule has 1 saturated carbocycles. The van der Waals surface area contributed by atoms with Gasteiger partial charge < -0.3 is 5.32 Å². The second kappa shape index (κ2) is 7.20. The lowest BCUT2D eigenvalue weighted by Crippen LogP contribution is -2.15. The lowest BCUT2D eigenvalue weighted by atomic mass is 9.96. The van der Waals surface area contributed by atoms with Gasteiger partial charge in [-0.25, -0.2) is 4.39 Å². The van der Waals surface area contributed by atoms with E-state index in [2.05, 4.69) is 16.4 Å². The maximum atomic E-state index is 13.9. The van der Waals surface area contributed by atoms with Crippen molar-refractivity contribution in [3.8, 4) is 0 Å². The molecule has 2 aliphatic rings. The Kier molecular flexibility index (Phi) is 4.77. The number of rotatable bonds is 4. The highest BCUT2D eigenvalue weighted by atomic mass is 35.5. The molecule has 0 aliphatic heterocycles. The summed E-state index contributed by atoms with van der Waals surface area (Å²) in [7, 11) is 0. The van der Waals surface area contributed by atoms with Crippen LogP contribution < -0.4 is 5.32 Å². The van der Waals surface area contributed by atoms with Crippen LogP contribution in [-0.4, -0.2) is 10.9 Å². The number of anilines is 1. The summed E-state index contributed by atoms with van der Waals surface area (Å²) < 4.78 is 13.9. The van der Waals surface area contributed by atoms with E-state index in [1.54, 1.807) is 24.4 Å². The number of fused-ring (bicyclic) bond motifs is 1. The van der Waals surface area contributed by atoms with Crippen LogP contribution in [0.25, 0.3) is 5.57 Å². The molecular weight excluding hydrogens is 351 g/mol. The van der Waals surface area contributed by atoms with Crippen molar-refractivity contribution in [1.29, 1.82) is 0 Å². The van der Waals surface area contributed by atoms with Gasteiger partial charge in [-0.1, -0.05) is 17.7 Å². The number of halogens is 2. The fourth-order valence-electron chi connectivity index (χ4n) is 4.33. The number of aromatic nitrogens is 1. The SMILES string of the molecule is O=C(C[C@H]1CC2C=C(c3ccncc3F)CC2C1)Nc1ccc(Cl)cc1. The van der Waals surface area contributed by atoms with E-state index in [1.807, 2.05) is 12.1 Å². The molecular formula is C21H20ClFN2O. The largest absolute Gasteiger partial charge is 0.326 e. The van der Waals surface area contributed by atoms with Crippen LogP contribution in [0.3, 0.4) is 0 Å². The van der Waals surface area contributed by atoms with Gasteiger partial charge in [0.2, 0.25) is 5.91 Å². The molecule has 1 N–H and O–H groups in total. The highest BCUT2D eigenvalue weighted by Crippen LogP contribution is 2.49. The Bertz CT molecular complexity index is 849. The highest BCUT2D eigenvalue weighted by molar-refractivity contribution is 6.30. The second-order valence-electron chi connectivity index (χ2n) is 7.27. The summed E-state index contributed by atoms with van der Waals surface area (Å²) in [4.78, 5) is 16.1. The third kappa shape index (κ3) is 3.65. The molecule has 2 aliphatic carbocycles. The van der Waals surface area contributed by atoms with Crippen LogP contribution in [0.1, 0.15) is 31.2 Å². The first kappa shape index (κ1) is 17.2. The lowest BCUT2D eigenvalue weighted by Gasteiger charge is -2.12. The van der Waals surface area contributed by atoms with E-state index >= 15 is 0 Å². The number of nitrogens with zero attached hydrogens (tertiary/aromatic N) is 1. The number of carbonyl (C=O) groups is 1. The number of hydrogen-bond acceptors (Lipinski definition) is 2. The minimum atomic E-state index is -0.252. The van der Waals surface area contributed by atoms with Crippen molar-refractivity contribution >= 4 is 28.8 Å². The van der Waals surface area contributed by atoms with Crippen LogP contribution in [0.5, 0.6) is 0 Å². The number of nitrogens with one attached hydrogen (secondary N) is 1. The molecule has 26 heavy (non-hydrogen) atoms. The van der Waals surface area contributed by atoms with E-state index in [4.69, 9.17) is 11.6 Å². The van der Waals surface area contributed by atoms with Gasteiger partial charge in [0.05, 0.1) is 6.20 Å². The number of carbonyl (C=O) groups excluding carboxylic acids is 1. The normalized spacial score (nSPS) is 24.2. The molecule has 5 heteroatoms. The third-order valence-corrected chi connectivity index (χ3v) is 5.72. The average molecular weight is 371 g/mol. The molecule has 1 heterocycles. The maximum absolute atomic E-state index is 13.9. The molecule has 0 saturated heterocycles. The number of hydrogen-bond donors (Lipinski definition) is 1. The summed E-state index contributed by atoms with van der Waals surface area (Å²) in [6, 6.07) is 8.90. The third-order valence-electron chi connectivity index (χ3n) is 5.46. The number of benzene rings is 1. The van der Waals surface area contributed by atoms with E-state index in [0.29, 0.717) is 34.8 Å². The first-order chi connectivity index (χ1) is 12.6. The first-order valence-corrected chi connectivity index (χ1v) is 9.32. The quantitative estimate of drug-likeness (QED) is 0.790. The van der Waals surface area contributed by atoms with Crippen LogP contribution in [0.4, 0.5) is 10.1 Å². The van der Waals surface area contributed by atoms with Crippen molar-refractivity contribution in [2.24, 2.45) is 17.8 Å². The van der Waals surface area contributed by atoms with Crippen molar-refractivity contribution in [3.05, 3.63) is 65.2 Å². The van der Waals surface area contributed by atoms with E-state index in [1.165, 1.54) is 6.20 Å². The minimum absolute atomic E-state index is 0.0432. The van der Waals surface area contributed by atoms with Crippen LogP contribution in [-0.2, 0) is 4.79 Å². The predicted molar refractivity (Wildman–Crippen MR) is 101 cm³/mol. The summed E-state index contributed by atoms with van der Waals surface area (Å²) >= 11 is 5.86. The van der Waals surface area contributed by atoms with Crippen molar-refractivity contribution < 1.29 is 9.18 Å². The van der Waals surface area contributed by atoms with E-state index in [-0.39, 0.29) is 11.7 Å². The molecule has 134 valence electrons. The van der Waals surface area contributed by atoms with Gasteiger partial charge in [-0.3, -0.25) is 9.78 Å². The van der Waals surface area contributed by atoms with Crippen molar-refractivity contribution in [1.82, 2.24) is 4.98 Å². The topological polar surface area (TPSA) is 42.0 Å². The molecule has 2 aromatic rings. The minimum Gasteiger partial charge on any atom is -0.326 e. The molecule has 0 radical (unpaired) electrons. The van der Waals surface area contributed by atoms with Gasteiger partial charge >= 0.3 is 0 Å². The van der Waals surface area contributed by atoms with Gasteiger partial charge in [-0.2, -0.15) is 0 Å². The molecule has 1 aromatic heterocycles. The van der Waals surface area contributed by atoms with Crippen LogP contribution >= 0.6 is 11.6 Å². The number of pyridine rings is 1. The second-order valence-corrected chi connectivity index (χ2v) is 7.71. The lowest BCUT2D eigenvalue weighted by molar-refractivity contribution is -0.117. The zero-order chi connectivity index (χ0) is 18.1. The zero-order valence-corrected chi connectivity index (χ0v) is 15.0. The van der Waals surface area contributed by atoms with Gasteiger partial charge in [0.1, 0.15) is 5.82 Å². The maximum Gasteiger partial charge on any atom is 0.224 e. The van der Waals surface area contributed by atoms with E-state index in [9.17, 15) is 9.18 Å². The molecule has 1 fully saturated rings.